The molecule has 0 heterocycles. The summed E-state index contributed by atoms with van der Waals surface area (Å²) in [6.07, 6.45) is 3.65. The molecule has 0 aromatic rings. The van der Waals surface area contributed by atoms with Crippen LogP contribution in [0.1, 0.15) is 25.7 Å². The molecule has 0 aromatic carbocycles. The molecule has 0 aromatic heterocycles. The molecule has 0 rings (SSSR count). The van der Waals surface area contributed by atoms with E-state index in [0.717, 1.165) is 19.1 Å². The fourth-order valence-corrected chi connectivity index (χ4v) is 0.812. The van der Waals surface area contributed by atoms with E-state index in [1.807, 2.05) is 0 Å². The summed E-state index contributed by atoms with van der Waals surface area (Å²) in [4.78, 5) is 20.7. The zero-order chi connectivity index (χ0) is 9.40. The van der Waals surface area contributed by atoms with Gasteiger partial charge in [-0.2, -0.15) is 0 Å². The summed E-state index contributed by atoms with van der Waals surface area (Å²) in [6, 6.07) is 0. The molecule has 12 heavy (non-hydrogen) atoms. The molecule has 0 radical (unpaired) electrons. The second kappa shape index (κ2) is 6.58. The Balaban J connectivity index is 3.44. The minimum absolute atomic E-state index is 0.360. The minimum Gasteiger partial charge on any atom is -0.466 e. The lowest BCUT2D eigenvalue weighted by atomic mass is 10.1. The molecule has 68 valence electrons. The zero-order valence-corrected chi connectivity index (χ0v) is 7.34. The maximum atomic E-state index is 10.8. The van der Waals surface area contributed by atoms with Crippen LogP contribution in [0, 0.1) is 0 Å². The summed E-state index contributed by atoms with van der Waals surface area (Å²) in [5.41, 5.74) is 0.475. The van der Waals surface area contributed by atoms with Crippen LogP contribution in [0.2, 0.25) is 0 Å². The van der Waals surface area contributed by atoms with Crippen molar-refractivity contribution in [2.24, 2.45) is 0 Å². The average Bonchev–Trinajstić information content (AvgIpc) is 2.10. The molecule has 0 amide bonds. The Morgan fingerprint density at radius 3 is 2.67 bits per heavy atom. The Bertz CT molecular complexity index is 173. The van der Waals surface area contributed by atoms with Crippen LogP contribution < -0.4 is 0 Å². The van der Waals surface area contributed by atoms with Crippen molar-refractivity contribution in [2.45, 2.75) is 25.7 Å². The molecular formula is C9H14O3. The third kappa shape index (κ3) is 4.66. The first-order chi connectivity index (χ1) is 5.72. The fraction of sp³-hybridized carbons (Fsp3) is 0.556. The van der Waals surface area contributed by atoms with Gasteiger partial charge in [0.1, 0.15) is 6.29 Å². The standard InChI is InChI=1S/C9H14O3/c1-8(9(11)12-2)6-4-3-5-7-10/h7H,1,3-6H2,2H3. The van der Waals surface area contributed by atoms with Crippen LogP contribution in [0.15, 0.2) is 12.2 Å². The van der Waals surface area contributed by atoms with Crippen LogP contribution in [-0.4, -0.2) is 19.4 Å². The van der Waals surface area contributed by atoms with E-state index >= 15 is 0 Å². The van der Waals surface area contributed by atoms with Crippen molar-refractivity contribution >= 4 is 12.3 Å². The maximum Gasteiger partial charge on any atom is 0.333 e. The molecule has 0 N–H and O–H groups in total. The molecular weight excluding hydrogens is 156 g/mol. The van der Waals surface area contributed by atoms with Crippen LogP contribution in [-0.2, 0) is 14.3 Å². The summed E-state index contributed by atoms with van der Waals surface area (Å²) < 4.78 is 4.46. The topological polar surface area (TPSA) is 43.4 Å². The normalized spacial score (nSPS) is 9.08. The Morgan fingerprint density at radius 2 is 2.17 bits per heavy atom. The quantitative estimate of drug-likeness (QED) is 0.262. The van der Waals surface area contributed by atoms with Crippen LogP contribution in [0.3, 0.4) is 0 Å². The van der Waals surface area contributed by atoms with Crippen molar-refractivity contribution in [3.63, 3.8) is 0 Å². The first-order valence-electron chi connectivity index (χ1n) is 3.92. The molecule has 0 saturated heterocycles. The van der Waals surface area contributed by atoms with Crippen molar-refractivity contribution in [1.29, 1.82) is 0 Å². The summed E-state index contributed by atoms with van der Waals surface area (Å²) in [7, 11) is 1.33. The molecule has 0 aliphatic carbocycles. The van der Waals surface area contributed by atoms with E-state index in [1.54, 1.807) is 0 Å². The number of hydrogen-bond acceptors (Lipinski definition) is 3. The first-order valence-corrected chi connectivity index (χ1v) is 3.92. The van der Waals surface area contributed by atoms with E-state index < -0.39 is 0 Å². The molecule has 3 heteroatoms. The predicted molar refractivity (Wildman–Crippen MR) is 45.7 cm³/mol. The van der Waals surface area contributed by atoms with E-state index in [1.165, 1.54) is 7.11 Å². The minimum atomic E-state index is -0.360. The van der Waals surface area contributed by atoms with Gasteiger partial charge in [-0.3, -0.25) is 0 Å². The van der Waals surface area contributed by atoms with Gasteiger partial charge in [0.15, 0.2) is 0 Å². The summed E-state index contributed by atoms with van der Waals surface area (Å²) in [6.45, 7) is 3.56. The lowest BCUT2D eigenvalue weighted by molar-refractivity contribution is -0.136. The number of ether oxygens (including phenoxy) is 1. The second-order valence-electron chi connectivity index (χ2n) is 2.51. The van der Waals surface area contributed by atoms with Gasteiger partial charge in [0.25, 0.3) is 0 Å². The van der Waals surface area contributed by atoms with E-state index in [4.69, 9.17) is 0 Å². The molecule has 0 saturated carbocycles. The zero-order valence-electron chi connectivity index (χ0n) is 7.34. The first kappa shape index (κ1) is 10.9. The number of hydrogen-bond donors (Lipinski definition) is 0. The summed E-state index contributed by atoms with van der Waals surface area (Å²) >= 11 is 0. The number of rotatable bonds is 6. The molecule has 0 bridgehead atoms. The Labute approximate surface area is 72.4 Å². The monoisotopic (exact) mass is 170 g/mol. The van der Waals surface area contributed by atoms with Gasteiger partial charge in [0.2, 0.25) is 0 Å². The largest absolute Gasteiger partial charge is 0.466 e. The van der Waals surface area contributed by atoms with E-state index in [2.05, 4.69) is 11.3 Å². The number of unbranched alkanes of at least 4 members (excludes halogenated alkanes) is 2. The lowest BCUT2D eigenvalue weighted by Gasteiger charge is -2.01. The van der Waals surface area contributed by atoms with Gasteiger partial charge in [-0.25, -0.2) is 4.79 Å². The summed E-state index contributed by atoms with van der Waals surface area (Å²) in [5, 5.41) is 0. The van der Waals surface area contributed by atoms with Crippen molar-refractivity contribution in [1.82, 2.24) is 0 Å². The third-order valence-corrected chi connectivity index (χ3v) is 1.52. The smallest absolute Gasteiger partial charge is 0.333 e. The van der Waals surface area contributed by atoms with E-state index in [0.29, 0.717) is 18.4 Å². The van der Waals surface area contributed by atoms with Gasteiger partial charge in [-0.15, -0.1) is 0 Å². The van der Waals surface area contributed by atoms with Crippen LogP contribution >= 0.6 is 0 Å². The molecule has 0 unspecified atom stereocenters. The molecule has 0 fully saturated rings. The Morgan fingerprint density at radius 1 is 1.50 bits per heavy atom. The Kier molecular flexibility index (Phi) is 5.97. The van der Waals surface area contributed by atoms with Gasteiger partial charge in [0.05, 0.1) is 7.11 Å². The second-order valence-corrected chi connectivity index (χ2v) is 2.51. The van der Waals surface area contributed by atoms with Crippen LogP contribution in [0.4, 0.5) is 0 Å². The van der Waals surface area contributed by atoms with Gasteiger partial charge in [-0.1, -0.05) is 6.58 Å². The Hall–Kier alpha value is -1.12. The highest BCUT2D eigenvalue weighted by atomic mass is 16.5. The number of methoxy groups -OCH3 is 1. The van der Waals surface area contributed by atoms with Crippen molar-refractivity contribution in [3.8, 4) is 0 Å². The summed E-state index contributed by atoms with van der Waals surface area (Å²) in [5.74, 6) is -0.360. The highest BCUT2D eigenvalue weighted by Gasteiger charge is 2.04. The van der Waals surface area contributed by atoms with Crippen molar-refractivity contribution < 1.29 is 14.3 Å². The highest BCUT2D eigenvalue weighted by Crippen LogP contribution is 2.07. The number of carbonyl (C=O) groups excluding carboxylic acids is 2. The van der Waals surface area contributed by atoms with Crippen molar-refractivity contribution in [3.05, 3.63) is 12.2 Å². The van der Waals surface area contributed by atoms with E-state index in [-0.39, 0.29) is 5.97 Å². The van der Waals surface area contributed by atoms with Crippen LogP contribution in [0.5, 0.6) is 0 Å². The fourth-order valence-electron chi connectivity index (χ4n) is 0.812. The van der Waals surface area contributed by atoms with Crippen LogP contribution in [0.25, 0.3) is 0 Å². The molecule has 0 spiro atoms. The third-order valence-electron chi connectivity index (χ3n) is 1.52. The van der Waals surface area contributed by atoms with Gasteiger partial charge in [0, 0.05) is 12.0 Å². The van der Waals surface area contributed by atoms with Gasteiger partial charge < -0.3 is 9.53 Å². The van der Waals surface area contributed by atoms with Gasteiger partial charge >= 0.3 is 5.97 Å². The number of aldehydes is 1. The maximum absolute atomic E-state index is 10.8. The van der Waals surface area contributed by atoms with Crippen molar-refractivity contribution in [2.75, 3.05) is 7.11 Å². The molecule has 0 atom stereocenters. The number of carbonyl (C=O) groups is 2. The van der Waals surface area contributed by atoms with E-state index in [9.17, 15) is 9.59 Å². The SMILES string of the molecule is C=C(CCCCC=O)C(=O)OC. The molecule has 0 aliphatic heterocycles. The lowest BCUT2D eigenvalue weighted by Crippen LogP contribution is -2.03. The highest BCUT2D eigenvalue weighted by molar-refractivity contribution is 5.87. The number of esters is 1. The predicted octanol–water partition coefficient (Wildman–Crippen LogP) is 1.47. The molecule has 0 aliphatic rings. The average molecular weight is 170 g/mol. The molecule has 3 nitrogen and oxygen atoms in total. The van der Waals surface area contributed by atoms with Gasteiger partial charge in [-0.05, 0) is 19.3 Å².